The fourth-order valence-corrected chi connectivity index (χ4v) is 2.20. The molecule has 1 amide bonds. The highest BCUT2D eigenvalue weighted by molar-refractivity contribution is 5.92. The summed E-state index contributed by atoms with van der Waals surface area (Å²) in [5.74, 6) is -0.571. The van der Waals surface area contributed by atoms with Gasteiger partial charge in [0.25, 0.3) is 5.91 Å². The number of carbonyl (C=O) groups is 1. The second-order valence-corrected chi connectivity index (χ2v) is 5.30. The van der Waals surface area contributed by atoms with E-state index in [1.54, 1.807) is 22.9 Å². The quantitative estimate of drug-likeness (QED) is 0.860. The number of aliphatic hydroxyl groups is 1. The number of aromatic nitrogens is 2. The summed E-state index contributed by atoms with van der Waals surface area (Å²) in [7, 11) is 0. The van der Waals surface area contributed by atoms with E-state index >= 15 is 0 Å². The molecule has 1 unspecified atom stereocenters. The molecule has 0 saturated heterocycles. The predicted molar refractivity (Wildman–Crippen MR) is 81.5 cm³/mol. The van der Waals surface area contributed by atoms with Gasteiger partial charge in [-0.05, 0) is 57.0 Å². The van der Waals surface area contributed by atoms with Crippen molar-refractivity contribution in [3.63, 3.8) is 0 Å². The number of nitrogens with one attached hydrogen (secondary N) is 1. The van der Waals surface area contributed by atoms with Crippen molar-refractivity contribution in [3.05, 3.63) is 47.5 Å². The standard InChI is InChI=1S/C16H20FN3O2/c1-11(4-3-9-21)18-16(22)15-10-12(2)20(19-15)14-7-5-13(17)6-8-14/h5-8,10-11,21H,3-4,9H2,1-2H3,(H,18,22). The van der Waals surface area contributed by atoms with Crippen molar-refractivity contribution in [1.29, 1.82) is 0 Å². The molecule has 2 N–H and O–H groups in total. The Hall–Kier alpha value is -2.21. The highest BCUT2D eigenvalue weighted by Gasteiger charge is 2.15. The monoisotopic (exact) mass is 305 g/mol. The molecule has 5 nitrogen and oxygen atoms in total. The van der Waals surface area contributed by atoms with Crippen molar-refractivity contribution in [2.45, 2.75) is 32.7 Å². The van der Waals surface area contributed by atoms with Gasteiger partial charge in [0.1, 0.15) is 5.82 Å². The molecule has 0 saturated carbocycles. The zero-order valence-corrected chi connectivity index (χ0v) is 12.7. The van der Waals surface area contributed by atoms with E-state index < -0.39 is 0 Å². The molecule has 22 heavy (non-hydrogen) atoms. The normalized spacial score (nSPS) is 12.2. The largest absolute Gasteiger partial charge is 0.396 e. The van der Waals surface area contributed by atoms with Crippen LogP contribution in [0.2, 0.25) is 0 Å². The van der Waals surface area contributed by atoms with Crippen LogP contribution in [0.5, 0.6) is 0 Å². The van der Waals surface area contributed by atoms with Crippen molar-refractivity contribution in [2.75, 3.05) is 6.61 Å². The zero-order chi connectivity index (χ0) is 16.1. The first-order chi connectivity index (χ1) is 10.5. The van der Waals surface area contributed by atoms with E-state index in [9.17, 15) is 9.18 Å². The van der Waals surface area contributed by atoms with Crippen molar-refractivity contribution in [2.24, 2.45) is 0 Å². The van der Waals surface area contributed by atoms with Crippen molar-refractivity contribution < 1.29 is 14.3 Å². The summed E-state index contributed by atoms with van der Waals surface area (Å²) in [6.45, 7) is 3.83. The van der Waals surface area contributed by atoms with E-state index in [4.69, 9.17) is 5.11 Å². The van der Waals surface area contributed by atoms with E-state index in [1.165, 1.54) is 12.1 Å². The van der Waals surface area contributed by atoms with Gasteiger partial charge < -0.3 is 10.4 Å². The SMILES string of the molecule is Cc1cc(C(=O)NC(C)CCCO)nn1-c1ccc(F)cc1. The third-order valence-electron chi connectivity index (χ3n) is 3.36. The molecule has 1 aromatic heterocycles. The van der Waals surface area contributed by atoms with Crippen molar-refractivity contribution in [1.82, 2.24) is 15.1 Å². The first-order valence-corrected chi connectivity index (χ1v) is 7.25. The summed E-state index contributed by atoms with van der Waals surface area (Å²) >= 11 is 0. The summed E-state index contributed by atoms with van der Waals surface area (Å²) in [6.07, 6.45) is 1.35. The van der Waals surface area contributed by atoms with Crippen molar-refractivity contribution in [3.8, 4) is 5.69 Å². The molecular weight excluding hydrogens is 285 g/mol. The molecule has 0 spiro atoms. The number of hydrogen-bond acceptors (Lipinski definition) is 3. The summed E-state index contributed by atoms with van der Waals surface area (Å²) < 4.78 is 14.6. The second kappa shape index (κ2) is 7.17. The minimum Gasteiger partial charge on any atom is -0.396 e. The van der Waals surface area contributed by atoms with Gasteiger partial charge in [0.2, 0.25) is 0 Å². The molecule has 0 radical (unpaired) electrons. The molecule has 6 heteroatoms. The number of hydrogen-bond donors (Lipinski definition) is 2. The van der Waals surface area contributed by atoms with E-state index in [0.29, 0.717) is 24.2 Å². The number of halogens is 1. The zero-order valence-electron chi connectivity index (χ0n) is 12.7. The van der Waals surface area contributed by atoms with Gasteiger partial charge in [0.05, 0.1) is 5.69 Å². The number of carbonyl (C=O) groups excluding carboxylic acids is 1. The first kappa shape index (κ1) is 16.2. The van der Waals surface area contributed by atoms with Crippen LogP contribution >= 0.6 is 0 Å². The molecule has 1 heterocycles. The molecule has 0 bridgehead atoms. The fourth-order valence-electron chi connectivity index (χ4n) is 2.20. The van der Waals surface area contributed by atoms with Crippen LogP contribution in [0.3, 0.4) is 0 Å². The van der Waals surface area contributed by atoms with Gasteiger partial charge in [-0.25, -0.2) is 9.07 Å². The van der Waals surface area contributed by atoms with Crippen molar-refractivity contribution >= 4 is 5.91 Å². The molecule has 2 aromatic rings. The molecule has 0 fully saturated rings. The van der Waals surface area contributed by atoms with Gasteiger partial charge in [0, 0.05) is 18.3 Å². The van der Waals surface area contributed by atoms with Crippen LogP contribution in [0.25, 0.3) is 5.69 Å². The average Bonchev–Trinajstić information content (AvgIpc) is 2.88. The highest BCUT2D eigenvalue weighted by Crippen LogP contribution is 2.13. The van der Waals surface area contributed by atoms with Crippen LogP contribution in [0.1, 0.15) is 35.9 Å². The minimum atomic E-state index is -0.316. The van der Waals surface area contributed by atoms with Crippen LogP contribution in [-0.4, -0.2) is 33.4 Å². The van der Waals surface area contributed by atoms with E-state index in [-0.39, 0.29) is 24.4 Å². The molecule has 1 aromatic carbocycles. The Morgan fingerprint density at radius 2 is 2.09 bits per heavy atom. The van der Waals surface area contributed by atoms with Gasteiger partial charge in [-0.1, -0.05) is 0 Å². The van der Waals surface area contributed by atoms with E-state index in [2.05, 4.69) is 10.4 Å². The maximum Gasteiger partial charge on any atom is 0.272 e. The lowest BCUT2D eigenvalue weighted by atomic mass is 10.2. The molecule has 2 rings (SSSR count). The summed E-state index contributed by atoms with van der Waals surface area (Å²) in [5.41, 5.74) is 1.81. The molecular formula is C16H20FN3O2. The molecule has 0 aliphatic carbocycles. The minimum absolute atomic E-state index is 0.0315. The molecule has 0 aliphatic rings. The van der Waals surface area contributed by atoms with Crippen LogP contribution in [0.15, 0.2) is 30.3 Å². The maximum absolute atomic E-state index is 13.0. The molecule has 118 valence electrons. The van der Waals surface area contributed by atoms with E-state index in [1.807, 2.05) is 13.8 Å². The second-order valence-electron chi connectivity index (χ2n) is 5.30. The highest BCUT2D eigenvalue weighted by atomic mass is 19.1. The van der Waals surface area contributed by atoms with Crippen LogP contribution in [-0.2, 0) is 0 Å². The number of aryl methyl sites for hydroxylation is 1. The lowest BCUT2D eigenvalue weighted by molar-refractivity contribution is 0.0931. The Morgan fingerprint density at radius 1 is 1.41 bits per heavy atom. The van der Waals surface area contributed by atoms with Gasteiger partial charge in [-0.3, -0.25) is 4.79 Å². The van der Waals surface area contributed by atoms with E-state index in [0.717, 1.165) is 5.69 Å². The lowest BCUT2D eigenvalue weighted by Gasteiger charge is -2.11. The maximum atomic E-state index is 13.0. The Morgan fingerprint density at radius 3 is 2.73 bits per heavy atom. The Labute approximate surface area is 128 Å². The van der Waals surface area contributed by atoms with Gasteiger partial charge in [-0.15, -0.1) is 0 Å². The Bertz CT molecular complexity index is 637. The summed E-state index contributed by atoms with van der Waals surface area (Å²) in [6, 6.07) is 7.59. The predicted octanol–water partition coefficient (Wildman–Crippen LogP) is 2.21. The first-order valence-electron chi connectivity index (χ1n) is 7.25. The van der Waals surface area contributed by atoms with Gasteiger partial charge >= 0.3 is 0 Å². The smallest absolute Gasteiger partial charge is 0.272 e. The summed E-state index contributed by atoms with van der Waals surface area (Å²) in [4.78, 5) is 12.2. The Kier molecular flexibility index (Phi) is 5.27. The lowest BCUT2D eigenvalue weighted by Crippen LogP contribution is -2.33. The van der Waals surface area contributed by atoms with Crippen LogP contribution in [0.4, 0.5) is 4.39 Å². The molecule has 1 atom stereocenters. The average molecular weight is 305 g/mol. The fraction of sp³-hybridized carbons (Fsp3) is 0.375. The topological polar surface area (TPSA) is 67.2 Å². The third-order valence-corrected chi connectivity index (χ3v) is 3.36. The van der Waals surface area contributed by atoms with Gasteiger partial charge in [0.15, 0.2) is 5.69 Å². The number of nitrogens with zero attached hydrogens (tertiary/aromatic N) is 2. The van der Waals surface area contributed by atoms with Crippen LogP contribution in [0, 0.1) is 12.7 Å². The van der Waals surface area contributed by atoms with Crippen LogP contribution < -0.4 is 5.32 Å². The summed E-state index contributed by atoms with van der Waals surface area (Å²) in [5, 5.41) is 15.9. The number of amides is 1. The number of rotatable bonds is 6. The molecule has 0 aliphatic heterocycles. The number of aliphatic hydroxyl groups excluding tert-OH is 1. The van der Waals surface area contributed by atoms with Gasteiger partial charge in [-0.2, -0.15) is 5.10 Å². The Balaban J connectivity index is 2.12. The number of benzene rings is 1. The third kappa shape index (κ3) is 3.92.